The standard InChI is InChI=1S/C12H16Cl2N2/c1-8-5-11(14)12(6-10(8)13)15-9-3-4-16(2)7-9/h5-6,9,15H,3-4,7H2,1-2H3. The highest BCUT2D eigenvalue weighted by Crippen LogP contribution is 2.30. The third-order valence-electron chi connectivity index (χ3n) is 3.00. The number of aryl methyl sites for hydroxylation is 1. The first kappa shape index (κ1) is 12.0. The van der Waals surface area contributed by atoms with E-state index in [1.54, 1.807) is 0 Å². The molecular formula is C12H16Cl2N2. The molecule has 0 aliphatic carbocycles. The zero-order valence-electron chi connectivity index (χ0n) is 9.56. The van der Waals surface area contributed by atoms with E-state index in [4.69, 9.17) is 23.2 Å². The number of hydrogen-bond acceptors (Lipinski definition) is 2. The van der Waals surface area contributed by atoms with Crippen molar-refractivity contribution in [2.75, 3.05) is 25.5 Å². The van der Waals surface area contributed by atoms with Crippen LogP contribution in [-0.4, -0.2) is 31.1 Å². The van der Waals surface area contributed by atoms with Gasteiger partial charge in [-0.2, -0.15) is 0 Å². The fourth-order valence-corrected chi connectivity index (χ4v) is 2.47. The number of likely N-dealkylation sites (tertiary alicyclic amines) is 1. The monoisotopic (exact) mass is 258 g/mol. The summed E-state index contributed by atoms with van der Waals surface area (Å²) in [5, 5.41) is 4.96. The lowest BCUT2D eigenvalue weighted by Gasteiger charge is -2.16. The number of benzene rings is 1. The molecule has 16 heavy (non-hydrogen) atoms. The van der Waals surface area contributed by atoms with E-state index in [0.717, 1.165) is 40.8 Å². The maximum atomic E-state index is 6.18. The molecule has 2 nitrogen and oxygen atoms in total. The molecule has 0 spiro atoms. The van der Waals surface area contributed by atoms with E-state index >= 15 is 0 Å². The summed E-state index contributed by atoms with van der Waals surface area (Å²) < 4.78 is 0. The molecule has 1 fully saturated rings. The summed E-state index contributed by atoms with van der Waals surface area (Å²) in [6.45, 7) is 4.15. The molecule has 88 valence electrons. The van der Waals surface area contributed by atoms with Crippen LogP contribution in [0.2, 0.25) is 10.0 Å². The summed E-state index contributed by atoms with van der Waals surface area (Å²) >= 11 is 12.3. The number of likely N-dealkylation sites (N-methyl/N-ethyl adjacent to an activating group) is 1. The smallest absolute Gasteiger partial charge is 0.0641 e. The molecule has 1 N–H and O–H groups in total. The number of hydrogen-bond donors (Lipinski definition) is 1. The number of anilines is 1. The van der Waals surface area contributed by atoms with E-state index in [0.29, 0.717) is 6.04 Å². The highest BCUT2D eigenvalue weighted by molar-refractivity contribution is 6.35. The van der Waals surface area contributed by atoms with Crippen LogP contribution in [0.25, 0.3) is 0 Å². The molecule has 2 rings (SSSR count). The number of halogens is 2. The van der Waals surface area contributed by atoms with Crippen LogP contribution in [0.15, 0.2) is 12.1 Å². The van der Waals surface area contributed by atoms with Gasteiger partial charge < -0.3 is 10.2 Å². The lowest BCUT2D eigenvalue weighted by atomic mass is 10.2. The molecule has 4 heteroatoms. The quantitative estimate of drug-likeness (QED) is 0.875. The summed E-state index contributed by atoms with van der Waals surface area (Å²) in [6, 6.07) is 4.30. The Morgan fingerprint density at radius 2 is 2.06 bits per heavy atom. The molecular weight excluding hydrogens is 243 g/mol. The Morgan fingerprint density at radius 1 is 1.31 bits per heavy atom. The van der Waals surface area contributed by atoms with Crippen molar-refractivity contribution in [3.8, 4) is 0 Å². The van der Waals surface area contributed by atoms with Crippen LogP contribution in [0, 0.1) is 6.92 Å². The molecule has 1 saturated heterocycles. The Morgan fingerprint density at radius 3 is 2.69 bits per heavy atom. The Labute approximate surface area is 107 Å². The van der Waals surface area contributed by atoms with Crippen molar-refractivity contribution in [2.45, 2.75) is 19.4 Å². The molecule has 1 heterocycles. The van der Waals surface area contributed by atoms with Crippen LogP contribution in [0.3, 0.4) is 0 Å². The molecule has 1 aromatic carbocycles. The maximum absolute atomic E-state index is 6.18. The normalized spacial score (nSPS) is 21.4. The van der Waals surface area contributed by atoms with Crippen molar-refractivity contribution < 1.29 is 0 Å². The predicted octanol–water partition coefficient (Wildman–Crippen LogP) is 3.42. The van der Waals surface area contributed by atoms with Crippen molar-refractivity contribution in [2.24, 2.45) is 0 Å². The highest BCUT2D eigenvalue weighted by Gasteiger charge is 2.19. The second kappa shape index (κ2) is 4.82. The van der Waals surface area contributed by atoms with Crippen LogP contribution < -0.4 is 5.32 Å². The minimum Gasteiger partial charge on any atom is -0.380 e. The van der Waals surface area contributed by atoms with Gasteiger partial charge in [0.05, 0.1) is 10.7 Å². The highest BCUT2D eigenvalue weighted by atomic mass is 35.5. The van der Waals surface area contributed by atoms with E-state index in [1.165, 1.54) is 0 Å². The summed E-state index contributed by atoms with van der Waals surface area (Å²) in [6.07, 6.45) is 1.15. The predicted molar refractivity (Wildman–Crippen MR) is 70.7 cm³/mol. The fourth-order valence-electron chi connectivity index (χ4n) is 2.03. The van der Waals surface area contributed by atoms with E-state index in [9.17, 15) is 0 Å². The van der Waals surface area contributed by atoms with Gasteiger partial charge in [-0.1, -0.05) is 23.2 Å². The van der Waals surface area contributed by atoms with Gasteiger partial charge in [0.1, 0.15) is 0 Å². The molecule has 1 atom stereocenters. The molecule has 0 amide bonds. The van der Waals surface area contributed by atoms with Gasteiger partial charge in [0.25, 0.3) is 0 Å². The average Bonchev–Trinajstić information content (AvgIpc) is 2.60. The fraction of sp³-hybridized carbons (Fsp3) is 0.500. The molecule has 0 bridgehead atoms. The van der Waals surface area contributed by atoms with Gasteiger partial charge in [-0.3, -0.25) is 0 Å². The van der Waals surface area contributed by atoms with Crippen molar-refractivity contribution in [3.63, 3.8) is 0 Å². The lowest BCUT2D eigenvalue weighted by Crippen LogP contribution is -2.23. The molecule has 0 saturated carbocycles. The second-order valence-electron chi connectivity index (χ2n) is 4.47. The van der Waals surface area contributed by atoms with Gasteiger partial charge in [-0.05, 0) is 44.6 Å². The number of nitrogens with one attached hydrogen (secondary N) is 1. The van der Waals surface area contributed by atoms with E-state index in [1.807, 2.05) is 19.1 Å². The summed E-state index contributed by atoms with van der Waals surface area (Å²) in [5.41, 5.74) is 1.96. The molecule has 1 aliphatic rings. The second-order valence-corrected chi connectivity index (χ2v) is 5.29. The van der Waals surface area contributed by atoms with Crippen LogP contribution in [0.5, 0.6) is 0 Å². The van der Waals surface area contributed by atoms with Gasteiger partial charge in [0, 0.05) is 17.6 Å². The molecule has 0 aromatic heterocycles. The van der Waals surface area contributed by atoms with Crippen molar-refractivity contribution in [1.29, 1.82) is 0 Å². The van der Waals surface area contributed by atoms with Crippen LogP contribution >= 0.6 is 23.2 Å². The minimum atomic E-state index is 0.473. The molecule has 1 aromatic rings. The Kier molecular flexibility index (Phi) is 3.63. The Balaban J connectivity index is 2.12. The third-order valence-corrected chi connectivity index (χ3v) is 3.72. The van der Waals surface area contributed by atoms with Crippen molar-refractivity contribution in [1.82, 2.24) is 4.90 Å². The van der Waals surface area contributed by atoms with Gasteiger partial charge in [0.15, 0.2) is 0 Å². The van der Waals surface area contributed by atoms with Crippen LogP contribution in [0.1, 0.15) is 12.0 Å². The van der Waals surface area contributed by atoms with Crippen LogP contribution in [0.4, 0.5) is 5.69 Å². The Bertz CT molecular complexity index is 393. The van der Waals surface area contributed by atoms with E-state index < -0.39 is 0 Å². The summed E-state index contributed by atoms with van der Waals surface area (Å²) in [7, 11) is 2.13. The number of rotatable bonds is 2. The first-order chi connectivity index (χ1) is 7.56. The SMILES string of the molecule is Cc1cc(Cl)c(NC2CCN(C)C2)cc1Cl. The first-order valence-electron chi connectivity index (χ1n) is 5.47. The molecule has 0 radical (unpaired) electrons. The van der Waals surface area contributed by atoms with Gasteiger partial charge in [0.2, 0.25) is 0 Å². The van der Waals surface area contributed by atoms with Gasteiger partial charge in [-0.25, -0.2) is 0 Å². The zero-order chi connectivity index (χ0) is 11.7. The minimum absolute atomic E-state index is 0.473. The Hall–Kier alpha value is -0.440. The summed E-state index contributed by atoms with van der Waals surface area (Å²) in [5.74, 6) is 0. The zero-order valence-corrected chi connectivity index (χ0v) is 11.1. The molecule has 1 unspecified atom stereocenters. The van der Waals surface area contributed by atoms with Crippen LogP contribution in [-0.2, 0) is 0 Å². The van der Waals surface area contributed by atoms with Gasteiger partial charge >= 0.3 is 0 Å². The average molecular weight is 259 g/mol. The van der Waals surface area contributed by atoms with Crippen molar-refractivity contribution >= 4 is 28.9 Å². The van der Waals surface area contributed by atoms with Crippen molar-refractivity contribution in [3.05, 3.63) is 27.7 Å². The van der Waals surface area contributed by atoms with E-state index in [2.05, 4.69) is 17.3 Å². The third kappa shape index (κ3) is 2.62. The molecule has 1 aliphatic heterocycles. The van der Waals surface area contributed by atoms with E-state index in [-0.39, 0.29) is 0 Å². The lowest BCUT2D eigenvalue weighted by molar-refractivity contribution is 0.414. The topological polar surface area (TPSA) is 15.3 Å². The summed E-state index contributed by atoms with van der Waals surface area (Å²) in [4.78, 5) is 2.31. The maximum Gasteiger partial charge on any atom is 0.0641 e. The largest absolute Gasteiger partial charge is 0.380 e. The van der Waals surface area contributed by atoms with Gasteiger partial charge in [-0.15, -0.1) is 0 Å². The first-order valence-corrected chi connectivity index (χ1v) is 6.22. The number of nitrogens with zero attached hydrogens (tertiary/aromatic N) is 1.